The third-order valence-corrected chi connectivity index (χ3v) is 15.4. The molecule has 4 heterocycles. The van der Waals surface area contributed by atoms with E-state index >= 15 is 0 Å². The molecule has 4 aromatic heterocycles. The van der Waals surface area contributed by atoms with Crippen LogP contribution < -0.4 is 138 Å². The Balaban J connectivity index is 0. The quantitative estimate of drug-likeness (QED) is 0.00958. The Bertz CT molecular complexity index is 4610. The van der Waals surface area contributed by atoms with Crippen molar-refractivity contribution < 1.29 is 232 Å². The molecule has 24 nitrogen and oxygen atoms in total. The smallest absolute Gasteiger partial charge is 1.00 e. The molecule has 0 bridgehead atoms. The molecule has 3 N–H and O–H groups in total. The van der Waals surface area contributed by atoms with E-state index in [2.05, 4.69) is 37.3 Å². The van der Waals surface area contributed by atoms with Crippen LogP contribution in [0.4, 0.5) is 44.3 Å². The van der Waals surface area contributed by atoms with E-state index in [9.17, 15) is 70.5 Å². The number of carbonyl (C=O) groups excluding carboxylic acids is 5. The molecule has 0 unspecified atom stereocenters. The summed E-state index contributed by atoms with van der Waals surface area (Å²) in [5.74, 6) is 5.64. The van der Waals surface area contributed by atoms with Gasteiger partial charge in [0.15, 0.2) is 34.8 Å². The molecule has 1 amide bonds. The minimum Gasteiger partial charge on any atom is -1.00 e. The van der Waals surface area contributed by atoms with Crippen LogP contribution in [-0.4, -0.2) is 73.4 Å². The van der Waals surface area contributed by atoms with Gasteiger partial charge in [-0.1, -0.05) is 131 Å². The summed E-state index contributed by atoms with van der Waals surface area (Å²) < 4.78 is 204. The third kappa shape index (κ3) is 35.8. The Labute approximate surface area is 703 Å². The van der Waals surface area contributed by atoms with E-state index in [1.54, 1.807) is 151 Å². The Morgan fingerprint density at radius 3 is 1.44 bits per heavy atom. The van der Waals surface area contributed by atoms with E-state index in [1.807, 2.05) is 44.2 Å². The van der Waals surface area contributed by atoms with Gasteiger partial charge in [0.2, 0.25) is 5.60 Å². The van der Waals surface area contributed by atoms with Gasteiger partial charge < -0.3 is 39.8 Å². The summed E-state index contributed by atoms with van der Waals surface area (Å²) in [7, 11) is -7.21. The maximum absolute atomic E-state index is 13.4. The average molecular weight is 1610 g/mol. The largest absolute Gasteiger partial charge is 1.00 e. The maximum atomic E-state index is 13.4. The van der Waals surface area contributed by atoms with Crippen LogP contribution in [0.3, 0.4) is 0 Å². The number of methoxy groups -OCH3 is 1. The number of terminal acetylenes is 1. The fourth-order valence-corrected chi connectivity index (χ4v) is 11.0. The van der Waals surface area contributed by atoms with E-state index in [1.165, 1.54) is 43.6 Å². The summed E-state index contributed by atoms with van der Waals surface area (Å²) in [6.45, 7) is 18.7. The predicted molar refractivity (Wildman–Crippen MR) is 359 cm³/mol. The number of fused-ring (bicyclic) bond motifs is 1. The number of alkyl halides is 9. The van der Waals surface area contributed by atoms with Gasteiger partial charge in [0.05, 0.1) is 23.7 Å². The number of esters is 1. The second-order valence-electron chi connectivity index (χ2n) is 22.1. The Morgan fingerprint density at radius 1 is 0.648 bits per heavy atom. The first-order valence-corrected chi connectivity index (χ1v) is 32.8. The Hall–Kier alpha value is -8.27. The van der Waals surface area contributed by atoms with Gasteiger partial charge in [-0.25, -0.2) is 33.3 Å². The number of nitrogens with two attached hydrogens (primary N) is 1. The van der Waals surface area contributed by atoms with Crippen LogP contribution in [0, 0.1) is 67.7 Å². The molecular formula is C71H72F9K2N6O18S2+. The van der Waals surface area contributed by atoms with Gasteiger partial charge in [-0.2, -0.15) is 68.1 Å². The molecule has 9 aromatic rings. The molecule has 0 fully saturated rings. The molecule has 37 heteroatoms. The molecule has 5 aromatic carbocycles. The molecule has 570 valence electrons. The Morgan fingerprint density at radius 2 is 1.06 bits per heavy atom. The number of carbonyl (C=O) groups is 3. The van der Waals surface area contributed by atoms with Crippen molar-refractivity contribution in [3.8, 4) is 29.6 Å². The summed E-state index contributed by atoms with van der Waals surface area (Å²) in [5.41, 5.74) is 5.36. The van der Waals surface area contributed by atoms with Crippen LogP contribution in [0.5, 0.6) is 17.2 Å². The van der Waals surface area contributed by atoms with Crippen molar-refractivity contribution in [1.82, 2.24) is 20.1 Å². The number of ether oxygens (including phenoxy) is 5. The van der Waals surface area contributed by atoms with Gasteiger partial charge in [0.1, 0.15) is 41.8 Å². The summed E-state index contributed by atoms with van der Waals surface area (Å²) in [6.07, 6.45) is -6.22. The molecule has 0 aliphatic carbocycles. The van der Waals surface area contributed by atoms with Crippen molar-refractivity contribution in [2.75, 3.05) is 13.0 Å². The van der Waals surface area contributed by atoms with Crippen molar-refractivity contribution in [2.24, 2.45) is 0 Å². The SMILES string of the molecule is C#CC(=O)OC.Cc1cc(C)c(S(=O)(=O)[O-])c(C)c1.Cc1cnn2c(C(F)(F)F)c(OCc3ccccc3)ccc12.FC(F)(F)c1ncccc1OCc1ccccc1.N[n+]1cccc(OCc2ccccc2)c1C(F)(F)F.O=C=O.O=CO[O-].[CH2+]C(C)(C)OC(=O)NOS(=O)(=O)c1c(C)cc(C)cc1C.[H-].[K+].[K+]. The van der Waals surface area contributed by atoms with Crippen molar-refractivity contribution in [1.29, 1.82) is 0 Å². The topological polar surface area (TPSA) is 336 Å². The number of amides is 1. The van der Waals surface area contributed by atoms with Crippen molar-refractivity contribution in [3.63, 3.8) is 0 Å². The second-order valence-corrected chi connectivity index (χ2v) is 24.9. The van der Waals surface area contributed by atoms with Crippen LogP contribution in [0.15, 0.2) is 180 Å². The molecule has 9 rings (SSSR count). The summed E-state index contributed by atoms with van der Waals surface area (Å²) in [5, 5.41) is 12.2. The van der Waals surface area contributed by atoms with Gasteiger partial charge in [0.25, 0.3) is 6.47 Å². The molecule has 0 saturated heterocycles. The number of aryl methyl sites for hydroxylation is 7. The van der Waals surface area contributed by atoms with Crippen molar-refractivity contribution in [2.45, 2.75) is 116 Å². The number of nitrogens with one attached hydrogen (secondary N) is 1. The number of nitrogens with zero attached hydrogens (tertiary/aromatic N) is 4. The zero-order valence-electron chi connectivity index (χ0n) is 61.1. The summed E-state index contributed by atoms with van der Waals surface area (Å²) in [4.78, 5) is 51.9. The predicted octanol–water partition coefficient (Wildman–Crippen LogP) is 6.06. The number of nitrogen functional groups attached to an aromatic ring is 1. The third-order valence-electron chi connectivity index (χ3n) is 12.8. The van der Waals surface area contributed by atoms with E-state index in [0.29, 0.717) is 38.0 Å². The number of aromatic nitrogens is 4. The molecule has 0 atom stereocenters. The summed E-state index contributed by atoms with van der Waals surface area (Å²) in [6, 6.07) is 42.0. The van der Waals surface area contributed by atoms with Crippen LogP contribution in [-0.2, 0) is 96.4 Å². The van der Waals surface area contributed by atoms with Gasteiger partial charge in [-0.3, -0.25) is 4.79 Å². The fourth-order valence-electron chi connectivity index (χ4n) is 8.95. The van der Waals surface area contributed by atoms with Crippen molar-refractivity contribution in [3.05, 3.63) is 250 Å². The Kier molecular flexibility index (Phi) is 44.0. The first-order chi connectivity index (χ1) is 49.4. The second kappa shape index (κ2) is 47.6. The van der Waals surface area contributed by atoms with Gasteiger partial charge in [-0.05, 0) is 123 Å². The standard InChI is InChI=1S/C16H13F3N2O.C14H19NO5S.C13H12F3N2O.C13H10F3NO.C9H12O3S.C4H4O2.CH2O3.CO2.2K.H/c1-11-9-20-21-13(11)7-8-14(15(21)16(17,18)19)22-10-12-5-3-2-4-6-12;1-9-7-10(2)12(11(3)8-9)21(17,18)20-15-13(16)19-14(4,5)6;14-13(15,16)12-11(7-4-8-18(12)17)19-9-10-5-2-1-3-6-10;14-13(15,16)12-11(7-4-8-17-12)18-9-10-5-2-1-3-6-10;1-6-4-7(2)9(8(3)5-6)13(10,11)12;1-3-4(5)6-2;2-1-4-3;2-1-3;;;/h2-9H,10H2,1H3;7-8H,4H2,1-3,5-6H3;1-8H,9,17H2;1-8H,9H2;4-5H,1-3H3,(H,10,11,12);1H,2H3;1,3H;;;;/q;;+1;;;;;;2*+1;-1/p-1. The molecule has 0 radical (unpaired) electrons. The van der Waals surface area contributed by atoms with Gasteiger partial charge >= 0.3 is 155 Å². The van der Waals surface area contributed by atoms with E-state index in [0.717, 1.165) is 44.7 Å². The first kappa shape index (κ1) is 99.7. The number of hydrogen-bond acceptors (Lipinski definition) is 21. The zero-order chi connectivity index (χ0) is 80.4. The number of hydroxylamine groups is 1. The number of pyridine rings is 3. The molecular weight excluding hydrogens is 1540 g/mol. The minimum absolute atomic E-state index is 0. The normalized spacial score (nSPS) is 10.6. The van der Waals surface area contributed by atoms with E-state index in [4.69, 9.17) is 44.4 Å². The van der Waals surface area contributed by atoms with Crippen molar-refractivity contribution >= 4 is 50.4 Å². The number of halogens is 9. The summed E-state index contributed by atoms with van der Waals surface area (Å²) >= 11 is 0. The molecule has 108 heavy (non-hydrogen) atoms. The van der Waals surface area contributed by atoms with Gasteiger partial charge in [0, 0.05) is 32.0 Å². The van der Waals surface area contributed by atoms with E-state index in [-0.39, 0.29) is 164 Å². The number of rotatable bonds is 15. The fraction of sp³-hybridized carbons (Fsp3) is 0.239. The molecule has 0 aliphatic heterocycles. The van der Waals surface area contributed by atoms with E-state index < -0.39 is 73.5 Å². The number of hydrogen-bond donors (Lipinski definition) is 2. The van der Waals surface area contributed by atoms with Crippen LogP contribution in [0.1, 0.15) is 88.0 Å². The molecule has 0 saturated carbocycles. The van der Waals surface area contributed by atoms with Gasteiger partial charge in [-0.15, -0.1) is 10.7 Å². The number of benzene rings is 5. The minimum atomic E-state index is -4.57. The first-order valence-electron chi connectivity index (χ1n) is 30.0. The van der Waals surface area contributed by atoms with Crippen LogP contribution in [0.2, 0.25) is 0 Å². The maximum Gasteiger partial charge on any atom is 1.00 e. The van der Waals surface area contributed by atoms with Crippen LogP contribution >= 0.6 is 0 Å². The average Bonchev–Trinajstić information content (AvgIpc) is 1.69. The molecule has 0 aliphatic rings. The monoisotopic (exact) mass is 1610 g/mol. The van der Waals surface area contributed by atoms with Crippen LogP contribution in [0.25, 0.3) is 5.52 Å². The zero-order valence-corrected chi connectivity index (χ0v) is 68.0. The molecule has 0 spiro atoms.